The molecule has 0 bridgehead atoms. The molecule has 0 aliphatic heterocycles. The van der Waals surface area contributed by atoms with Crippen molar-refractivity contribution in [1.82, 2.24) is 5.32 Å². The number of benzene rings is 1. The SMILES string of the molecule is CCOc1ccccc1N/C=C(/C#N)C(=O)NCc1ccco1. The molecule has 23 heavy (non-hydrogen) atoms. The van der Waals surface area contributed by atoms with Crippen molar-refractivity contribution in [2.75, 3.05) is 11.9 Å². The number of carbonyl (C=O) groups excluding carboxylic acids is 1. The molecule has 0 saturated carbocycles. The van der Waals surface area contributed by atoms with Gasteiger partial charge in [0.25, 0.3) is 5.91 Å². The van der Waals surface area contributed by atoms with E-state index >= 15 is 0 Å². The van der Waals surface area contributed by atoms with Gasteiger partial charge in [-0.15, -0.1) is 0 Å². The highest BCUT2D eigenvalue weighted by atomic mass is 16.5. The summed E-state index contributed by atoms with van der Waals surface area (Å²) in [6, 6.07) is 12.6. The minimum Gasteiger partial charge on any atom is -0.492 e. The number of hydrogen-bond acceptors (Lipinski definition) is 5. The van der Waals surface area contributed by atoms with Crippen molar-refractivity contribution in [3.63, 3.8) is 0 Å². The number of hydrogen-bond donors (Lipinski definition) is 2. The Balaban J connectivity index is 2.01. The summed E-state index contributed by atoms with van der Waals surface area (Å²) in [5.41, 5.74) is 0.642. The molecule has 0 fully saturated rings. The molecule has 118 valence electrons. The van der Waals surface area contributed by atoms with Crippen LogP contribution in [0.4, 0.5) is 5.69 Å². The Labute approximate surface area is 134 Å². The zero-order valence-electron chi connectivity index (χ0n) is 12.7. The summed E-state index contributed by atoms with van der Waals surface area (Å²) in [7, 11) is 0. The van der Waals surface area contributed by atoms with Gasteiger partial charge in [0.05, 0.1) is 25.1 Å². The molecule has 0 aliphatic rings. The van der Waals surface area contributed by atoms with Crippen molar-refractivity contribution in [3.8, 4) is 11.8 Å². The number of ether oxygens (including phenoxy) is 1. The number of rotatable bonds is 7. The molecule has 1 aromatic carbocycles. The highest BCUT2D eigenvalue weighted by molar-refractivity contribution is 5.97. The average molecular weight is 311 g/mol. The molecule has 2 aromatic rings. The Hall–Kier alpha value is -3.20. The largest absolute Gasteiger partial charge is 0.492 e. The van der Waals surface area contributed by atoms with Crippen LogP contribution < -0.4 is 15.4 Å². The van der Waals surface area contributed by atoms with Crippen LogP contribution in [-0.2, 0) is 11.3 Å². The Kier molecular flexibility index (Phi) is 5.83. The summed E-state index contributed by atoms with van der Waals surface area (Å²) in [4.78, 5) is 12.0. The molecule has 1 heterocycles. The van der Waals surface area contributed by atoms with E-state index in [2.05, 4.69) is 10.6 Å². The van der Waals surface area contributed by atoms with Crippen molar-refractivity contribution in [3.05, 3.63) is 60.2 Å². The number of carbonyl (C=O) groups is 1. The second-order valence-corrected chi connectivity index (χ2v) is 4.51. The van der Waals surface area contributed by atoms with Crippen LogP contribution in [-0.4, -0.2) is 12.5 Å². The number of para-hydroxylation sites is 2. The average Bonchev–Trinajstić information content (AvgIpc) is 3.08. The molecular formula is C17H17N3O3. The zero-order valence-corrected chi connectivity index (χ0v) is 12.7. The highest BCUT2D eigenvalue weighted by Gasteiger charge is 2.10. The van der Waals surface area contributed by atoms with E-state index in [0.29, 0.717) is 23.8 Å². The summed E-state index contributed by atoms with van der Waals surface area (Å²) < 4.78 is 10.6. The third-order valence-electron chi connectivity index (χ3n) is 2.93. The molecule has 0 radical (unpaired) electrons. The Morgan fingerprint density at radius 1 is 1.35 bits per heavy atom. The molecule has 2 rings (SSSR count). The molecule has 0 atom stereocenters. The van der Waals surface area contributed by atoms with E-state index in [4.69, 9.17) is 14.4 Å². The fourth-order valence-corrected chi connectivity index (χ4v) is 1.84. The van der Waals surface area contributed by atoms with Gasteiger partial charge in [-0.05, 0) is 31.2 Å². The van der Waals surface area contributed by atoms with Crippen molar-refractivity contribution in [1.29, 1.82) is 5.26 Å². The summed E-state index contributed by atoms with van der Waals surface area (Å²) in [6.07, 6.45) is 2.88. The van der Waals surface area contributed by atoms with Gasteiger partial charge in [-0.3, -0.25) is 4.79 Å². The first-order valence-corrected chi connectivity index (χ1v) is 7.13. The smallest absolute Gasteiger partial charge is 0.263 e. The van der Waals surface area contributed by atoms with Gasteiger partial charge in [-0.1, -0.05) is 12.1 Å². The number of nitriles is 1. The lowest BCUT2D eigenvalue weighted by Crippen LogP contribution is -2.24. The fraction of sp³-hybridized carbons (Fsp3) is 0.176. The summed E-state index contributed by atoms with van der Waals surface area (Å²) >= 11 is 0. The normalized spacial score (nSPS) is 10.7. The lowest BCUT2D eigenvalue weighted by Gasteiger charge is -2.09. The number of amides is 1. The maximum Gasteiger partial charge on any atom is 0.263 e. The van der Waals surface area contributed by atoms with Crippen LogP contribution in [0.5, 0.6) is 5.75 Å². The quantitative estimate of drug-likeness (QED) is 0.606. The molecule has 6 heteroatoms. The first kappa shape index (κ1) is 16.2. The Morgan fingerprint density at radius 3 is 2.87 bits per heavy atom. The molecule has 0 unspecified atom stereocenters. The minimum absolute atomic E-state index is 0.0390. The lowest BCUT2D eigenvalue weighted by atomic mass is 10.2. The van der Waals surface area contributed by atoms with E-state index in [1.807, 2.05) is 31.2 Å². The lowest BCUT2D eigenvalue weighted by molar-refractivity contribution is -0.117. The maximum atomic E-state index is 12.0. The van der Waals surface area contributed by atoms with Gasteiger partial charge < -0.3 is 19.8 Å². The molecule has 0 aliphatic carbocycles. The van der Waals surface area contributed by atoms with Gasteiger partial charge >= 0.3 is 0 Å². The van der Waals surface area contributed by atoms with Crippen LogP contribution >= 0.6 is 0 Å². The predicted molar refractivity (Wildman–Crippen MR) is 85.5 cm³/mol. The summed E-state index contributed by atoms with van der Waals surface area (Å²) in [6.45, 7) is 2.63. The predicted octanol–water partition coefficient (Wildman–Crippen LogP) is 2.81. The molecule has 6 nitrogen and oxygen atoms in total. The summed E-state index contributed by atoms with van der Waals surface area (Å²) in [5.74, 6) is 0.787. The molecule has 1 aromatic heterocycles. The van der Waals surface area contributed by atoms with Crippen LogP contribution in [0, 0.1) is 11.3 Å². The van der Waals surface area contributed by atoms with Gasteiger partial charge in [-0.2, -0.15) is 5.26 Å². The third kappa shape index (κ3) is 4.64. The number of nitrogens with one attached hydrogen (secondary N) is 2. The zero-order chi connectivity index (χ0) is 16.5. The monoisotopic (exact) mass is 311 g/mol. The second-order valence-electron chi connectivity index (χ2n) is 4.51. The molecular weight excluding hydrogens is 294 g/mol. The van der Waals surface area contributed by atoms with Gasteiger partial charge in [-0.25, -0.2) is 0 Å². The van der Waals surface area contributed by atoms with Gasteiger partial charge in [0.1, 0.15) is 23.2 Å². The summed E-state index contributed by atoms with van der Waals surface area (Å²) in [5, 5.41) is 14.7. The first-order valence-electron chi connectivity index (χ1n) is 7.13. The van der Waals surface area contributed by atoms with Crippen LogP contribution in [0.1, 0.15) is 12.7 Å². The Morgan fingerprint density at radius 2 is 2.17 bits per heavy atom. The molecule has 0 saturated heterocycles. The topological polar surface area (TPSA) is 87.3 Å². The van der Waals surface area contributed by atoms with Crippen molar-refractivity contribution in [2.24, 2.45) is 0 Å². The minimum atomic E-state index is -0.481. The number of nitrogens with zero attached hydrogens (tertiary/aromatic N) is 1. The Bertz CT molecular complexity index is 715. The van der Waals surface area contributed by atoms with Crippen LogP contribution in [0.25, 0.3) is 0 Å². The van der Waals surface area contributed by atoms with Crippen molar-refractivity contribution < 1.29 is 13.9 Å². The van der Waals surface area contributed by atoms with E-state index in [-0.39, 0.29) is 12.1 Å². The van der Waals surface area contributed by atoms with Crippen molar-refractivity contribution in [2.45, 2.75) is 13.5 Å². The maximum absolute atomic E-state index is 12.0. The third-order valence-corrected chi connectivity index (χ3v) is 2.93. The first-order chi connectivity index (χ1) is 11.2. The van der Waals surface area contributed by atoms with Gasteiger partial charge in [0.15, 0.2) is 0 Å². The van der Waals surface area contributed by atoms with Crippen LogP contribution in [0.15, 0.2) is 58.9 Å². The standard InChI is InChI=1S/C17H17N3O3/c1-2-22-16-8-4-3-7-15(16)19-11-13(10-18)17(21)20-12-14-6-5-9-23-14/h3-9,11,19H,2,12H2,1H3,(H,20,21)/b13-11-. The van der Waals surface area contributed by atoms with Crippen molar-refractivity contribution >= 4 is 11.6 Å². The van der Waals surface area contributed by atoms with E-state index in [1.165, 1.54) is 12.5 Å². The van der Waals surface area contributed by atoms with Crippen LogP contribution in [0.2, 0.25) is 0 Å². The molecule has 0 spiro atoms. The second kappa shape index (κ2) is 8.29. The highest BCUT2D eigenvalue weighted by Crippen LogP contribution is 2.23. The number of anilines is 1. The van der Waals surface area contributed by atoms with Gasteiger partial charge in [0, 0.05) is 6.20 Å². The molecule has 1 amide bonds. The van der Waals surface area contributed by atoms with E-state index in [1.54, 1.807) is 18.2 Å². The van der Waals surface area contributed by atoms with E-state index in [0.717, 1.165) is 0 Å². The van der Waals surface area contributed by atoms with Crippen LogP contribution in [0.3, 0.4) is 0 Å². The number of furan rings is 1. The molecule has 2 N–H and O–H groups in total. The van der Waals surface area contributed by atoms with Gasteiger partial charge in [0.2, 0.25) is 0 Å². The van der Waals surface area contributed by atoms with E-state index in [9.17, 15) is 4.79 Å². The fourth-order valence-electron chi connectivity index (χ4n) is 1.84. The van der Waals surface area contributed by atoms with E-state index < -0.39 is 5.91 Å².